The Kier molecular flexibility index (Phi) is 3.94. The predicted molar refractivity (Wildman–Crippen MR) is 34.9 cm³/mol. The molecule has 1 N–H and O–H groups in total. The highest BCUT2D eigenvalue weighted by Crippen LogP contribution is 2.14. The molecule has 0 fully saturated rings. The molecule has 0 spiro atoms. The first-order valence-electron chi connectivity index (χ1n) is 2.86. The van der Waals surface area contributed by atoms with Gasteiger partial charge in [-0.2, -0.15) is 0 Å². The Bertz CT molecular complexity index is 222. The van der Waals surface area contributed by atoms with Crippen molar-refractivity contribution >= 4 is 10.0 Å². The van der Waals surface area contributed by atoms with Crippen molar-refractivity contribution in [2.24, 2.45) is 0 Å². The molecule has 0 aromatic rings. The largest absolute Gasteiger partial charge is 0.522 e. The fourth-order valence-electron chi connectivity index (χ4n) is 0.394. The van der Waals surface area contributed by atoms with Gasteiger partial charge in [0.25, 0.3) is 0 Å². The number of nitrogens with one attached hydrogen (secondary N) is 1. The third kappa shape index (κ3) is 9.66. The van der Waals surface area contributed by atoms with Crippen LogP contribution >= 0.6 is 0 Å². The number of sulfonamides is 1. The molecule has 0 aromatic carbocycles. The third-order valence-electron chi connectivity index (χ3n) is 0.732. The number of hydrogen-bond acceptors (Lipinski definition) is 3. The zero-order valence-corrected chi connectivity index (χ0v) is 7.00. The standard InChI is InChI=1S/C4H8F3NO3S/c1-12(9,10)8-2-3-11-4(5,6)7/h8H,2-3H2,1H3. The Balaban J connectivity index is 3.48. The maximum atomic E-state index is 11.3. The molecule has 0 bridgehead atoms. The van der Waals surface area contributed by atoms with Crippen molar-refractivity contribution < 1.29 is 26.3 Å². The van der Waals surface area contributed by atoms with Gasteiger partial charge in [-0.15, -0.1) is 13.2 Å². The molecule has 0 aromatic heterocycles. The van der Waals surface area contributed by atoms with Gasteiger partial charge in [0.2, 0.25) is 10.0 Å². The average Bonchev–Trinajstić information content (AvgIpc) is 1.76. The molecule has 8 heteroatoms. The van der Waals surface area contributed by atoms with Gasteiger partial charge in [0.15, 0.2) is 0 Å². The molecule has 0 amide bonds. The lowest BCUT2D eigenvalue weighted by Gasteiger charge is -2.06. The maximum Gasteiger partial charge on any atom is 0.522 e. The van der Waals surface area contributed by atoms with E-state index >= 15 is 0 Å². The molecule has 0 rings (SSSR count). The highest BCUT2D eigenvalue weighted by Gasteiger charge is 2.28. The topological polar surface area (TPSA) is 55.4 Å². The summed E-state index contributed by atoms with van der Waals surface area (Å²) in [6.07, 6.45) is -3.86. The van der Waals surface area contributed by atoms with Crippen LogP contribution in [0.4, 0.5) is 13.2 Å². The van der Waals surface area contributed by atoms with Gasteiger partial charge in [0.1, 0.15) is 0 Å². The first kappa shape index (κ1) is 11.7. The van der Waals surface area contributed by atoms with Gasteiger partial charge < -0.3 is 0 Å². The summed E-state index contributed by atoms with van der Waals surface area (Å²) in [5.74, 6) is 0. The van der Waals surface area contributed by atoms with Crippen molar-refractivity contribution in [1.29, 1.82) is 0 Å². The number of halogens is 3. The van der Waals surface area contributed by atoms with Crippen molar-refractivity contribution in [3.63, 3.8) is 0 Å². The van der Waals surface area contributed by atoms with Gasteiger partial charge in [0, 0.05) is 6.54 Å². The van der Waals surface area contributed by atoms with Crippen LogP contribution < -0.4 is 4.72 Å². The lowest BCUT2D eigenvalue weighted by atomic mass is 10.7. The Hall–Kier alpha value is -0.340. The maximum absolute atomic E-state index is 11.3. The van der Waals surface area contributed by atoms with Crippen LogP contribution in [0.5, 0.6) is 0 Å². The molecular weight excluding hydrogens is 199 g/mol. The molecule has 4 nitrogen and oxygen atoms in total. The number of ether oxygens (including phenoxy) is 1. The monoisotopic (exact) mass is 207 g/mol. The second-order valence-corrected chi connectivity index (χ2v) is 3.79. The van der Waals surface area contributed by atoms with Crippen LogP contribution in [0.3, 0.4) is 0 Å². The van der Waals surface area contributed by atoms with Gasteiger partial charge in [0.05, 0.1) is 12.9 Å². The second-order valence-electron chi connectivity index (χ2n) is 1.96. The van der Waals surface area contributed by atoms with Crippen molar-refractivity contribution in [1.82, 2.24) is 4.72 Å². The summed E-state index contributed by atoms with van der Waals surface area (Å²) in [5, 5.41) is 0. The molecule has 0 unspecified atom stereocenters. The normalized spacial score (nSPS) is 13.3. The van der Waals surface area contributed by atoms with Crippen LogP contribution in [-0.2, 0) is 14.8 Å². The van der Waals surface area contributed by atoms with Gasteiger partial charge in [-0.25, -0.2) is 13.1 Å². The number of hydrogen-bond donors (Lipinski definition) is 1. The minimum atomic E-state index is -4.71. The van der Waals surface area contributed by atoms with E-state index in [-0.39, 0.29) is 0 Å². The zero-order valence-electron chi connectivity index (χ0n) is 6.18. The molecular formula is C4H8F3NO3S. The second kappa shape index (κ2) is 4.06. The molecule has 0 aliphatic carbocycles. The van der Waals surface area contributed by atoms with Crippen LogP contribution in [-0.4, -0.2) is 34.2 Å². The third-order valence-corrected chi connectivity index (χ3v) is 1.46. The number of rotatable bonds is 4. The highest BCUT2D eigenvalue weighted by atomic mass is 32.2. The smallest absolute Gasteiger partial charge is 0.291 e. The molecule has 12 heavy (non-hydrogen) atoms. The molecule has 0 saturated carbocycles. The fourth-order valence-corrected chi connectivity index (χ4v) is 0.848. The quantitative estimate of drug-likeness (QED) is 0.664. The molecule has 0 saturated heterocycles. The van der Waals surface area contributed by atoms with Crippen molar-refractivity contribution in [3.05, 3.63) is 0 Å². The van der Waals surface area contributed by atoms with Gasteiger partial charge >= 0.3 is 6.36 Å². The van der Waals surface area contributed by atoms with Gasteiger partial charge in [-0.1, -0.05) is 0 Å². The Morgan fingerprint density at radius 1 is 1.42 bits per heavy atom. The van der Waals surface area contributed by atoms with E-state index in [0.29, 0.717) is 0 Å². The van der Waals surface area contributed by atoms with E-state index in [9.17, 15) is 21.6 Å². The van der Waals surface area contributed by atoms with E-state index in [1.165, 1.54) is 0 Å². The molecule has 74 valence electrons. The highest BCUT2D eigenvalue weighted by molar-refractivity contribution is 7.88. The van der Waals surface area contributed by atoms with Crippen molar-refractivity contribution in [2.45, 2.75) is 6.36 Å². The average molecular weight is 207 g/mol. The Morgan fingerprint density at radius 2 is 1.92 bits per heavy atom. The number of alkyl halides is 3. The molecule has 0 aliphatic rings. The summed E-state index contributed by atoms with van der Waals surface area (Å²) in [5.41, 5.74) is 0. The van der Waals surface area contributed by atoms with Crippen molar-refractivity contribution in [3.8, 4) is 0 Å². The van der Waals surface area contributed by atoms with E-state index in [2.05, 4.69) is 4.74 Å². The van der Waals surface area contributed by atoms with Gasteiger partial charge in [-0.3, -0.25) is 4.74 Å². The first-order chi connectivity index (χ1) is 5.21. The van der Waals surface area contributed by atoms with Crippen LogP contribution in [0.1, 0.15) is 0 Å². The van der Waals surface area contributed by atoms with E-state index in [1.54, 1.807) is 0 Å². The summed E-state index contributed by atoms with van der Waals surface area (Å²) in [7, 11) is -3.44. The van der Waals surface area contributed by atoms with Crippen LogP contribution in [0, 0.1) is 0 Å². The summed E-state index contributed by atoms with van der Waals surface area (Å²) in [6.45, 7) is -1.12. The minimum absolute atomic E-state index is 0.391. The van der Waals surface area contributed by atoms with E-state index < -0.39 is 29.5 Å². The Labute approximate surface area is 67.8 Å². The van der Waals surface area contributed by atoms with E-state index in [1.807, 2.05) is 4.72 Å². The van der Waals surface area contributed by atoms with Gasteiger partial charge in [-0.05, 0) is 0 Å². The Morgan fingerprint density at radius 3 is 2.25 bits per heavy atom. The van der Waals surface area contributed by atoms with Crippen molar-refractivity contribution in [2.75, 3.05) is 19.4 Å². The summed E-state index contributed by atoms with van der Waals surface area (Å²) >= 11 is 0. The zero-order chi connectivity index (χ0) is 9.83. The van der Waals surface area contributed by atoms with Crippen LogP contribution in [0.25, 0.3) is 0 Å². The van der Waals surface area contributed by atoms with Crippen LogP contribution in [0.15, 0.2) is 0 Å². The molecule has 0 aliphatic heterocycles. The molecule has 0 atom stereocenters. The predicted octanol–water partition coefficient (Wildman–Crippen LogP) is 0.0720. The van der Waals surface area contributed by atoms with E-state index in [4.69, 9.17) is 0 Å². The minimum Gasteiger partial charge on any atom is -0.291 e. The lowest BCUT2D eigenvalue weighted by Crippen LogP contribution is -2.28. The SMILES string of the molecule is CS(=O)(=O)NCCOC(F)(F)F. The summed E-state index contributed by atoms with van der Waals surface area (Å²) < 4.78 is 59.6. The lowest BCUT2D eigenvalue weighted by molar-refractivity contribution is -0.323. The summed E-state index contributed by atoms with van der Waals surface area (Å²) in [6, 6.07) is 0. The molecule has 0 heterocycles. The first-order valence-corrected chi connectivity index (χ1v) is 4.75. The van der Waals surface area contributed by atoms with E-state index in [0.717, 1.165) is 6.26 Å². The molecule has 0 radical (unpaired) electrons. The summed E-state index contributed by atoms with van der Waals surface area (Å²) in [4.78, 5) is 0. The fraction of sp³-hybridized carbons (Fsp3) is 1.00. The van der Waals surface area contributed by atoms with Crippen LogP contribution in [0.2, 0.25) is 0 Å².